The van der Waals surface area contributed by atoms with E-state index < -0.39 is 41.5 Å². The number of benzene rings is 2. The van der Waals surface area contributed by atoms with Gasteiger partial charge in [0.1, 0.15) is 12.3 Å². The van der Waals surface area contributed by atoms with Crippen molar-refractivity contribution in [2.75, 3.05) is 18.4 Å². The predicted molar refractivity (Wildman–Crippen MR) is 111 cm³/mol. The number of anilines is 1. The number of amides is 2. The van der Waals surface area contributed by atoms with Crippen molar-refractivity contribution in [1.29, 1.82) is 0 Å². The Kier molecular flexibility index (Phi) is 7.65. The molecule has 0 aliphatic heterocycles. The third-order valence-electron chi connectivity index (χ3n) is 4.47. The van der Waals surface area contributed by atoms with Crippen molar-refractivity contribution in [3.05, 3.63) is 71.1 Å². The normalized spacial score (nSPS) is 10.7. The van der Waals surface area contributed by atoms with Crippen LogP contribution in [0.5, 0.6) is 5.75 Å². The molecule has 1 heterocycles. The van der Waals surface area contributed by atoms with Gasteiger partial charge in [0, 0.05) is 13.5 Å². The van der Waals surface area contributed by atoms with Crippen LogP contribution < -0.4 is 10.1 Å². The fourth-order valence-electron chi connectivity index (χ4n) is 2.99. The molecule has 11 heteroatoms. The van der Waals surface area contributed by atoms with Gasteiger partial charge in [-0.3, -0.25) is 9.59 Å². The Labute approximate surface area is 187 Å². The van der Waals surface area contributed by atoms with Crippen molar-refractivity contribution < 1.29 is 32.0 Å². The van der Waals surface area contributed by atoms with Crippen LogP contribution in [0.15, 0.2) is 40.9 Å². The summed E-state index contributed by atoms with van der Waals surface area (Å²) in [5.74, 6) is -4.95. The number of hydrogen-bond donors (Lipinski definition) is 1. The van der Waals surface area contributed by atoms with Gasteiger partial charge in [-0.05, 0) is 30.7 Å². The maximum atomic E-state index is 13.9. The Morgan fingerprint density at radius 1 is 1.12 bits per heavy atom. The van der Waals surface area contributed by atoms with Crippen LogP contribution in [0.25, 0.3) is 0 Å². The molecule has 3 aromatic rings. The first-order valence-corrected chi connectivity index (χ1v) is 10.0. The van der Waals surface area contributed by atoms with Crippen LogP contribution in [-0.4, -0.2) is 39.9 Å². The molecule has 2 amide bonds. The van der Waals surface area contributed by atoms with Crippen molar-refractivity contribution in [1.82, 2.24) is 15.0 Å². The van der Waals surface area contributed by atoms with Gasteiger partial charge in [-0.15, -0.1) is 0 Å². The number of rotatable bonds is 9. The van der Waals surface area contributed by atoms with Crippen molar-refractivity contribution in [2.45, 2.75) is 26.9 Å². The molecule has 0 atom stereocenters. The van der Waals surface area contributed by atoms with Crippen LogP contribution in [0.2, 0.25) is 0 Å². The van der Waals surface area contributed by atoms with Crippen LogP contribution >= 0.6 is 0 Å². The first-order valence-electron chi connectivity index (χ1n) is 10.0. The average molecular weight is 462 g/mol. The number of nitrogens with one attached hydrogen (secondary N) is 1. The molecule has 2 aromatic carbocycles. The second-order valence-electron chi connectivity index (χ2n) is 7.01. The van der Waals surface area contributed by atoms with E-state index in [4.69, 9.17) is 9.26 Å². The van der Waals surface area contributed by atoms with Crippen LogP contribution in [0.4, 0.5) is 18.9 Å². The lowest BCUT2D eigenvalue weighted by Crippen LogP contribution is -2.38. The number of carbonyl (C=O) groups excluding carboxylic acids is 2. The summed E-state index contributed by atoms with van der Waals surface area (Å²) >= 11 is 0. The van der Waals surface area contributed by atoms with Gasteiger partial charge < -0.3 is 19.5 Å². The van der Waals surface area contributed by atoms with Gasteiger partial charge >= 0.3 is 0 Å². The first-order chi connectivity index (χ1) is 15.8. The van der Waals surface area contributed by atoms with Gasteiger partial charge in [0.15, 0.2) is 24.1 Å². The molecular weight excluding hydrogens is 441 g/mol. The molecule has 33 heavy (non-hydrogen) atoms. The molecule has 1 N–H and O–H groups in total. The van der Waals surface area contributed by atoms with E-state index in [0.717, 1.165) is 6.07 Å². The molecule has 1 aromatic heterocycles. The third kappa shape index (κ3) is 5.88. The highest BCUT2D eigenvalue weighted by Crippen LogP contribution is 2.22. The maximum absolute atomic E-state index is 13.9. The largest absolute Gasteiger partial charge is 0.485 e. The van der Waals surface area contributed by atoms with Crippen LogP contribution in [0, 0.1) is 24.4 Å². The minimum Gasteiger partial charge on any atom is -0.485 e. The lowest BCUT2D eigenvalue weighted by molar-refractivity contribution is -0.116. The fourth-order valence-corrected chi connectivity index (χ4v) is 2.99. The summed E-state index contributed by atoms with van der Waals surface area (Å²) in [6.45, 7) is 3.18. The van der Waals surface area contributed by atoms with Crippen LogP contribution in [-0.2, 0) is 11.4 Å². The molecule has 8 nitrogen and oxygen atoms in total. The molecule has 0 saturated carbocycles. The SMILES string of the molecule is CCCN(CC(=O)Nc1ccc(F)c(F)c1F)C(=O)c1ccccc1OCc1noc(C)n1. The van der Waals surface area contributed by atoms with E-state index in [1.54, 1.807) is 25.1 Å². The summed E-state index contributed by atoms with van der Waals surface area (Å²) in [6.07, 6.45) is 0.531. The molecular formula is C22H21F3N4O4. The summed E-state index contributed by atoms with van der Waals surface area (Å²) < 4.78 is 50.9. The first kappa shape index (κ1) is 23.8. The number of hydrogen-bond acceptors (Lipinski definition) is 6. The zero-order valence-corrected chi connectivity index (χ0v) is 17.9. The van der Waals surface area contributed by atoms with Crippen molar-refractivity contribution in [2.24, 2.45) is 0 Å². The standard InChI is InChI=1S/C22H21F3N4O4/c1-3-10-29(11-19(30)27-16-9-8-15(23)20(24)21(16)25)22(31)14-6-4-5-7-17(14)32-12-18-26-13(2)33-28-18/h4-9H,3,10-12H2,1-2H3,(H,27,30). The number of ether oxygens (including phenoxy) is 1. The van der Waals surface area contributed by atoms with E-state index in [2.05, 4.69) is 15.5 Å². The van der Waals surface area contributed by atoms with Gasteiger partial charge in [-0.25, -0.2) is 13.2 Å². The van der Waals surface area contributed by atoms with Gasteiger partial charge in [-0.1, -0.05) is 24.2 Å². The van der Waals surface area contributed by atoms with E-state index in [0.29, 0.717) is 24.2 Å². The highest BCUT2D eigenvalue weighted by Gasteiger charge is 2.23. The quantitative estimate of drug-likeness (QED) is 0.485. The summed E-state index contributed by atoms with van der Waals surface area (Å²) in [5, 5.41) is 5.89. The lowest BCUT2D eigenvalue weighted by atomic mass is 10.1. The Balaban J connectivity index is 1.73. The minimum atomic E-state index is -1.70. The minimum absolute atomic E-state index is 0.0364. The van der Waals surface area contributed by atoms with E-state index >= 15 is 0 Å². The van der Waals surface area contributed by atoms with Crippen molar-refractivity contribution in [3.63, 3.8) is 0 Å². The highest BCUT2D eigenvalue weighted by atomic mass is 19.2. The van der Waals surface area contributed by atoms with Gasteiger partial charge in [0.05, 0.1) is 11.3 Å². The van der Waals surface area contributed by atoms with E-state index in [1.165, 1.54) is 11.0 Å². The smallest absolute Gasteiger partial charge is 0.258 e. The van der Waals surface area contributed by atoms with Gasteiger partial charge in [0.25, 0.3) is 5.91 Å². The molecule has 0 spiro atoms. The Hall–Kier alpha value is -3.89. The second-order valence-corrected chi connectivity index (χ2v) is 7.01. The number of nitrogens with zero attached hydrogens (tertiary/aromatic N) is 3. The molecule has 0 aliphatic carbocycles. The van der Waals surface area contributed by atoms with E-state index in [-0.39, 0.29) is 24.5 Å². The van der Waals surface area contributed by atoms with Crippen molar-refractivity contribution >= 4 is 17.5 Å². The molecule has 174 valence electrons. The fraction of sp³-hybridized carbons (Fsp3) is 0.273. The highest BCUT2D eigenvalue weighted by molar-refractivity contribution is 6.01. The summed E-state index contributed by atoms with van der Waals surface area (Å²) in [4.78, 5) is 30.9. The number of halogens is 3. The van der Waals surface area contributed by atoms with E-state index in [1.807, 2.05) is 6.92 Å². The zero-order valence-electron chi connectivity index (χ0n) is 17.9. The second kappa shape index (κ2) is 10.6. The molecule has 0 radical (unpaired) electrons. The monoisotopic (exact) mass is 462 g/mol. The Morgan fingerprint density at radius 2 is 1.88 bits per heavy atom. The topological polar surface area (TPSA) is 97.6 Å². The number of carbonyl (C=O) groups is 2. The van der Waals surface area contributed by atoms with Gasteiger partial charge in [-0.2, -0.15) is 4.98 Å². The van der Waals surface area contributed by atoms with E-state index in [9.17, 15) is 22.8 Å². The molecule has 3 rings (SSSR count). The maximum Gasteiger partial charge on any atom is 0.258 e. The van der Waals surface area contributed by atoms with Crippen LogP contribution in [0.3, 0.4) is 0 Å². The zero-order chi connectivity index (χ0) is 24.0. The number of aryl methyl sites for hydroxylation is 1. The lowest BCUT2D eigenvalue weighted by Gasteiger charge is -2.23. The predicted octanol–water partition coefficient (Wildman–Crippen LogP) is 3.87. The molecule has 0 fully saturated rings. The average Bonchev–Trinajstić information content (AvgIpc) is 3.22. The summed E-state index contributed by atoms with van der Waals surface area (Å²) in [5.41, 5.74) is -0.333. The molecule has 0 unspecified atom stereocenters. The summed E-state index contributed by atoms with van der Waals surface area (Å²) in [6, 6.07) is 8.04. The molecule has 0 saturated heterocycles. The Bertz CT molecular complexity index is 1150. The number of aromatic nitrogens is 2. The number of para-hydroxylation sites is 1. The van der Waals surface area contributed by atoms with Crippen LogP contribution in [0.1, 0.15) is 35.4 Å². The Morgan fingerprint density at radius 3 is 2.58 bits per heavy atom. The summed E-state index contributed by atoms with van der Waals surface area (Å²) in [7, 11) is 0. The van der Waals surface area contributed by atoms with Crippen molar-refractivity contribution in [3.8, 4) is 5.75 Å². The van der Waals surface area contributed by atoms with Gasteiger partial charge in [0.2, 0.25) is 17.6 Å². The molecule has 0 aliphatic rings. The third-order valence-corrected chi connectivity index (χ3v) is 4.47. The molecule has 0 bridgehead atoms.